The lowest BCUT2D eigenvalue weighted by atomic mass is 9.72. The van der Waals surface area contributed by atoms with E-state index in [1.165, 1.54) is 17.5 Å². The van der Waals surface area contributed by atoms with Gasteiger partial charge in [-0.3, -0.25) is 4.79 Å². The zero-order chi connectivity index (χ0) is 29.1. The molecule has 0 bridgehead atoms. The summed E-state index contributed by atoms with van der Waals surface area (Å²) in [6.45, 7) is 4.98. The topological polar surface area (TPSA) is 88.4 Å². The van der Waals surface area contributed by atoms with Crippen LogP contribution in [0.2, 0.25) is 0 Å². The van der Waals surface area contributed by atoms with Crippen LogP contribution in [0.15, 0.2) is 79.1 Å². The number of benzene rings is 3. The monoisotopic (exact) mass is 566 g/mol. The van der Waals surface area contributed by atoms with Gasteiger partial charge in [-0.05, 0) is 61.4 Å². The highest BCUT2D eigenvalue weighted by Crippen LogP contribution is 2.49. The number of hydrogen-bond acceptors (Lipinski definition) is 5. The third-order valence-electron chi connectivity index (χ3n) is 9.13. The number of hydrogen-bond donors (Lipinski definition) is 3. The number of aryl methyl sites for hydroxylation is 1. The first-order chi connectivity index (χ1) is 20.4. The van der Waals surface area contributed by atoms with Crippen LogP contribution < -0.4 is 15.4 Å². The quantitative estimate of drug-likeness (QED) is 0.228. The van der Waals surface area contributed by atoms with Crippen LogP contribution in [0.1, 0.15) is 62.3 Å². The van der Waals surface area contributed by atoms with Crippen molar-refractivity contribution in [1.82, 2.24) is 20.2 Å². The Bertz CT molecular complexity index is 1510. The first-order valence-corrected chi connectivity index (χ1v) is 15.4. The van der Waals surface area contributed by atoms with Crippen molar-refractivity contribution in [1.29, 1.82) is 0 Å². The molecule has 1 aliphatic heterocycles. The van der Waals surface area contributed by atoms with E-state index in [-0.39, 0.29) is 23.5 Å². The van der Waals surface area contributed by atoms with E-state index in [9.17, 15) is 9.90 Å². The minimum atomic E-state index is -0.770. The van der Waals surface area contributed by atoms with Crippen molar-refractivity contribution in [2.45, 2.75) is 82.7 Å². The van der Waals surface area contributed by atoms with E-state index in [0.717, 1.165) is 48.0 Å². The van der Waals surface area contributed by atoms with Gasteiger partial charge in [-0.2, -0.15) is 0 Å². The minimum Gasteiger partial charge on any atom is -0.487 e. The minimum absolute atomic E-state index is 0.0785. The van der Waals surface area contributed by atoms with Crippen LogP contribution in [0.3, 0.4) is 0 Å². The third-order valence-corrected chi connectivity index (χ3v) is 9.13. The zero-order valence-corrected chi connectivity index (χ0v) is 24.6. The number of aliphatic hydroxyl groups excluding tert-OH is 1. The molecule has 1 aliphatic carbocycles. The summed E-state index contributed by atoms with van der Waals surface area (Å²) in [5.41, 5.74) is 5.35. The normalized spacial score (nSPS) is 19.4. The second-order valence-corrected chi connectivity index (χ2v) is 12.2. The maximum absolute atomic E-state index is 13.5. The maximum Gasteiger partial charge on any atom is 0.224 e. The molecule has 220 valence electrons. The second-order valence-electron chi connectivity index (χ2n) is 12.2. The summed E-state index contributed by atoms with van der Waals surface area (Å²) in [4.78, 5) is 18.0. The molecule has 6 rings (SSSR count). The van der Waals surface area contributed by atoms with Crippen molar-refractivity contribution in [3.8, 4) is 5.75 Å². The Hall–Kier alpha value is -3.68. The summed E-state index contributed by atoms with van der Waals surface area (Å²) >= 11 is 0. The molecule has 4 aromatic rings. The van der Waals surface area contributed by atoms with Gasteiger partial charge in [0.2, 0.25) is 5.91 Å². The number of carbonyl (C=O) groups excluding carboxylic acids is 1. The molecule has 3 N–H and O–H groups in total. The van der Waals surface area contributed by atoms with Crippen LogP contribution in [-0.2, 0) is 24.2 Å². The number of fused-ring (bicyclic) bond motifs is 2. The largest absolute Gasteiger partial charge is 0.487 e. The van der Waals surface area contributed by atoms with E-state index in [2.05, 4.69) is 40.7 Å². The number of rotatable bonds is 11. The number of imidazole rings is 1. The molecule has 7 heteroatoms. The van der Waals surface area contributed by atoms with Gasteiger partial charge >= 0.3 is 0 Å². The van der Waals surface area contributed by atoms with Crippen molar-refractivity contribution in [2.24, 2.45) is 5.92 Å². The average molecular weight is 567 g/mol. The number of aromatic nitrogens is 2. The molecule has 1 unspecified atom stereocenters. The standard InChI is InChI=1S/C35H42N4O3/c1-3-25-14-15-33-27(18-25)30(20-35(42-33)16-9-17-35)36-21-32(40)29(19-26-10-5-4-6-11-26)38-34(41)24(2)22-39-23-37-28-12-7-8-13-31(28)39/h4-8,10-15,18,23-24,29-30,32,36,40H,3,9,16-17,19-22H2,1-2H3,(H,38,41)/t24?,29-,30-,32-/m0/s1. The summed E-state index contributed by atoms with van der Waals surface area (Å²) in [5, 5.41) is 18.4. The fraction of sp³-hybridized carbons (Fsp3) is 0.429. The van der Waals surface area contributed by atoms with Crippen LogP contribution in [0, 0.1) is 5.92 Å². The molecule has 1 spiro atoms. The van der Waals surface area contributed by atoms with Crippen LogP contribution in [-0.4, -0.2) is 44.9 Å². The number of amides is 1. The predicted octanol–water partition coefficient (Wildman–Crippen LogP) is 5.36. The lowest BCUT2D eigenvalue weighted by Gasteiger charge is -2.48. The van der Waals surface area contributed by atoms with E-state index >= 15 is 0 Å². The smallest absolute Gasteiger partial charge is 0.224 e. The second kappa shape index (κ2) is 12.3. The van der Waals surface area contributed by atoms with Gasteiger partial charge in [-0.25, -0.2) is 4.98 Å². The van der Waals surface area contributed by atoms with Gasteiger partial charge < -0.3 is 25.0 Å². The molecule has 1 aromatic heterocycles. The van der Waals surface area contributed by atoms with Crippen LogP contribution in [0.4, 0.5) is 0 Å². The molecule has 4 atom stereocenters. The van der Waals surface area contributed by atoms with E-state index in [1.54, 1.807) is 6.33 Å². The number of carbonyl (C=O) groups is 1. The first-order valence-electron chi connectivity index (χ1n) is 15.4. The van der Waals surface area contributed by atoms with E-state index in [0.29, 0.717) is 19.5 Å². The Morgan fingerprint density at radius 3 is 2.64 bits per heavy atom. The van der Waals surface area contributed by atoms with Crippen molar-refractivity contribution < 1.29 is 14.6 Å². The number of para-hydroxylation sites is 2. The molecule has 0 saturated heterocycles. The Labute approximate surface area is 248 Å². The number of aliphatic hydroxyl groups is 1. The van der Waals surface area contributed by atoms with Crippen molar-refractivity contribution >= 4 is 16.9 Å². The molecule has 3 aromatic carbocycles. The van der Waals surface area contributed by atoms with Crippen molar-refractivity contribution in [3.63, 3.8) is 0 Å². The molecule has 1 fully saturated rings. The molecule has 2 aliphatic rings. The van der Waals surface area contributed by atoms with Gasteiger partial charge in [0.1, 0.15) is 11.4 Å². The lowest BCUT2D eigenvalue weighted by molar-refractivity contribution is -0.126. The van der Waals surface area contributed by atoms with E-state index < -0.39 is 12.1 Å². The maximum atomic E-state index is 13.5. The lowest BCUT2D eigenvalue weighted by Crippen LogP contribution is -2.53. The fourth-order valence-electron chi connectivity index (χ4n) is 6.41. The summed E-state index contributed by atoms with van der Waals surface area (Å²) in [6.07, 6.45) is 6.75. The molecule has 42 heavy (non-hydrogen) atoms. The fourth-order valence-corrected chi connectivity index (χ4v) is 6.41. The zero-order valence-electron chi connectivity index (χ0n) is 24.6. The Morgan fingerprint density at radius 1 is 1.10 bits per heavy atom. The summed E-state index contributed by atoms with van der Waals surface area (Å²) in [5.74, 6) is 0.583. The van der Waals surface area contributed by atoms with Gasteiger partial charge in [0, 0.05) is 31.1 Å². The highest BCUT2D eigenvalue weighted by molar-refractivity contribution is 5.79. The first kappa shape index (κ1) is 28.4. The van der Waals surface area contributed by atoms with Gasteiger partial charge in [0.05, 0.1) is 35.4 Å². The van der Waals surface area contributed by atoms with Crippen molar-refractivity contribution in [2.75, 3.05) is 6.54 Å². The van der Waals surface area contributed by atoms with E-state index in [4.69, 9.17) is 4.74 Å². The highest BCUT2D eigenvalue weighted by atomic mass is 16.5. The number of nitrogens with zero attached hydrogens (tertiary/aromatic N) is 2. The predicted molar refractivity (Wildman–Crippen MR) is 165 cm³/mol. The SMILES string of the molecule is CCc1ccc2c(c1)[C@@H](NC[C@H](O)[C@H](Cc1ccccc1)NC(=O)C(C)Cn1cnc3ccccc31)CC1(CCC1)O2. The van der Waals surface area contributed by atoms with Crippen LogP contribution in [0.5, 0.6) is 5.75 Å². The van der Waals surface area contributed by atoms with Crippen LogP contribution in [0.25, 0.3) is 11.0 Å². The third kappa shape index (κ3) is 6.08. The molecule has 1 saturated carbocycles. The molecular formula is C35H42N4O3. The van der Waals surface area contributed by atoms with E-state index in [1.807, 2.05) is 66.1 Å². The Kier molecular flexibility index (Phi) is 8.31. The van der Waals surface area contributed by atoms with Gasteiger partial charge in [0.25, 0.3) is 0 Å². The van der Waals surface area contributed by atoms with Crippen LogP contribution >= 0.6 is 0 Å². The Morgan fingerprint density at radius 2 is 1.88 bits per heavy atom. The molecule has 7 nitrogen and oxygen atoms in total. The van der Waals surface area contributed by atoms with Gasteiger partial charge in [0.15, 0.2) is 0 Å². The van der Waals surface area contributed by atoms with Gasteiger partial charge in [-0.15, -0.1) is 0 Å². The van der Waals surface area contributed by atoms with Crippen molar-refractivity contribution in [3.05, 3.63) is 95.8 Å². The molecule has 0 radical (unpaired) electrons. The summed E-state index contributed by atoms with van der Waals surface area (Å²) in [6, 6.07) is 24.2. The highest BCUT2D eigenvalue weighted by Gasteiger charge is 2.45. The number of ether oxygens (including phenoxy) is 1. The molecule has 1 amide bonds. The molecular weight excluding hydrogens is 524 g/mol. The van der Waals surface area contributed by atoms with Gasteiger partial charge in [-0.1, -0.05) is 68.4 Å². The number of nitrogens with one attached hydrogen (secondary N) is 2. The average Bonchev–Trinajstić information content (AvgIpc) is 3.41. The molecule has 2 heterocycles. The summed E-state index contributed by atoms with van der Waals surface area (Å²) in [7, 11) is 0. The Balaban J connectivity index is 1.16. The summed E-state index contributed by atoms with van der Waals surface area (Å²) < 4.78 is 8.52.